The lowest BCUT2D eigenvalue weighted by Crippen LogP contribution is -2.31. The van der Waals surface area contributed by atoms with Gasteiger partial charge in [0.25, 0.3) is 0 Å². The molecule has 1 aliphatic carbocycles. The number of hydrogen-bond donors (Lipinski definition) is 2. The number of aromatic nitrogens is 2. The number of amides is 2. The number of H-pyrrole nitrogens is 1. The number of carbonyl (C=O) groups is 2. The lowest BCUT2D eigenvalue weighted by molar-refractivity contribution is -0.117. The summed E-state index contributed by atoms with van der Waals surface area (Å²) in [5.41, 5.74) is 5.61. The standard InChI is InChI=1S/C29H28N4O3/c34-28(20-11-12-20)30-23-9-4-8-21(16-23)22-13-14-24-25(17-22)32-27(31-24)26-10-5-15-33(26)29(35)36-18-19-6-2-1-3-7-19/h1-4,6-9,13-14,16-17,20,26H,5,10-12,15,18H2,(H,30,34)(H,31,32). The molecule has 6 rings (SSSR count). The van der Waals surface area contributed by atoms with E-state index < -0.39 is 0 Å². The molecule has 2 amide bonds. The molecule has 1 saturated heterocycles. The second-order valence-corrected chi connectivity index (χ2v) is 9.59. The first-order chi connectivity index (χ1) is 17.6. The van der Waals surface area contributed by atoms with Crippen molar-refractivity contribution in [3.63, 3.8) is 0 Å². The third-order valence-corrected chi connectivity index (χ3v) is 6.92. The Kier molecular flexibility index (Phi) is 5.89. The number of aromatic amines is 1. The van der Waals surface area contributed by atoms with Crippen molar-refractivity contribution in [1.82, 2.24) is 14.9 Å². The second-order valence-electron chi connectivity index (χ2n) is 9.59. The van der Waals surface area contributed by atoms with Gasteiger partial charge in [-0.2, -0.15) is 0 Å². The highest BCUT2D eigenvalue weighted by molar-refractivity contribution is 5.94. The molecule has 3 aromatic carbocycles. The summed E-state index contributed by atoms with van der Waals surface area (Å²) in [5.74, 6) is 1.05. The van der Waals surface area contributed by atoms with E-state index in [1.165, 1.54) is 0 Å². The van der Waals surface area contributed by atoms with Crippen molar-refractivity contribution in [2.45, 2.75) is 38.3 Å². The molecule has 0 radical (unpaired) electrons. The Hall–Kier alpha value is -4.13. The number of hydrogen-bond acceptors (Lipinski definition) is 4. The number of carbonyl (C=O) groups excluding carboxylic acids is 2. The Bertz CT molecular complexity index is 1410. The summed E-state index contributed by atoms with van der Waals surface area (Å²) in [6, 6.07) is 23.6. The Morgan fingerprint density at radius 2 is 1.81 bits per heavy atom. The minimum atomic E-state index is -0.312. The summed E-state index contributed by atoms with van der Waals surface area (Å²) in [5, 5.41) is 3.02. The number of likely N-dealkylation sites (tertiary alicyclic amines) is 1. The van der Waals surface area contributed by atoms with Crippen molar-refractivity contribution >= 4 is 28.7 Å². The van der Waals surface area contributed by atoms with Crippen LogP contribution in [0.15, 0.2) is 72.8 Å². The normalized spacial score (nSPS) is 17.3. The Balaban J connectivity index is 1.19. The van der Waals surface area contributed by atoms with E-state index >= 15 is 0 Å². The maximum absolute atomic E-state index is 12.8. The summed E-state index contributed by atoms with van der Waals surface area (Å²) in [7, 11) is 0. The number of rotatable bonds is 6. The summed E-state index contributed by atoms with van der Waals surface area (Å²) >= 11 is 0. The van der Waals surface area contributed by atoms with Crippen LogP contribution < -0.4 is 5.32 Å². The maximum Gasteiger partial charge on any atom is 0.410 e. The predicted molar refractivity (Wildman–Crippen MR) is 138 cm³/mol. The third-order valence-electron chi connectivity index (χ3n) is 6.92. The highest BCUT2D eigenvalue weighted by atomic mass is 16.6. The summed E-state index contributed by atoms with van der Waals surface area (Å²) in [4.78, 5) is 35.0. The van der Waals surface area contributed by atoms with E-state index in [1.54, 1.807) is 4.90 Å². The molecule has 2 heterocycles. The first-order valence-corrected chi connectivity index (χ1v) is 12.5. The largest absolute Gasteiger partial charge is 0.445 e. The zero-order chi connectivity index (χ0) is 24.5. The van der Waals surface area contributed by atoms with Gasteiger partial charge < -0.3 is 15.0 Å². The van der Waals surface area contributed by atoms with Crippen molar-refractivity contribution in [1.29, 1.82) is 0 Å². The van der Waals surface area contributed by atoms with Gasteiger partial charge in [0.15, 0.2) is 0 Å². The van der Waals surface area contributed by atoms with E-state index in [1.807, 2.05) is 66.7 Å². The van der Waals surface area contributed by atoms with Crippen molar-refractivity contribution < 1.29 is 14.3 Å². The number of nitrogens with zero attached hydrogens (tertiary/aromatic N) is 2. The minimum absolute atomic E-state index is 0.101. The minimum Gasteiger partial charge on any atom is -0.445 e. The Morgan fingerprint density at radius 1 is 0.972 bits per heavy atom. The van der Waals surface area contributed by atoms with Gasteiger partial charge >= 0.3 is 6.09 Å². The van der Waals surface area contributed by atoms with Crippen LogP contribution in [0.3, 0.4) is 0 Å². The lowest BCUT2D eigenvalue weighted by atomic mass is 10.0. The lowest BCUT2D eigenvalue weighted by Gasteiger charge is -2.22. The van der Waals surface area contributed by atoms with Crippen LogP contribution in [-0.2, 0) is 16.1 Å². The molecule has 4 aromatic rings. The van der Waals surface area contributed by atoms with Gasteiger partial charge in [0, 0.05) is 18.2 Å². The smallest absolute Gasteiger partial charge is 0.410 e. The molecule has 2 N–H and O–H groups in total. The fourth-order valence-corrected chi connectivity index (χ4v) is 4.80. The predicted octanol–water partition coefficient (Wildman–Crippen LogP) is 6.05. The van der Waals surface area contributed by atoms with Crippen molar-refractivity contribution in [2.75, 3.05) is 11.9 Å². The molecule has 1 saturated carbocycles. The van der Waals surface area contributed by atoms with Gasteiger partial charge in [-0.25, -0.2) is 9.78 Å². The maximum atomic E-state index is 12.8. The monoisotopic (exact) mass is 480 g/mol. The molecular formula is C29H28N4O3. The number of imidazole rings is 1. The van der Waals surface area contributed by atoms with Crippen LogP contribution >= 0.6 is 0 Å². The SMILES string of the molecule is O=C(Nc1cccc(-c2ccc3nc(C4CCCN4C(=O)OCc4ccccc4)[nH]c3c2)c1)C1CC1. The molecule has 2 aliphatic rings. The number of anilines is 1. The topological polar surface area (TPSA) is 87.3 Å². The van der Waals surface area contributed by atoms with Gasteiger partial charge in [0.2, 0.25) is 5.91 Å². The van der Waals surface area contributed by atoms with Crippen LogP contribution in [0.4, 0.5) is 10.5 Å². The van der Waals surface area contributed by atoms with Crippen LogP contribution in [0, 0.1) is 5.92 Å². The first-order valence-electron chi connectivity index (χ1n) is 12.5. The van der Waals surface area contributed by atoms with Crippen LogP contribution in [0.2, 0.25) is 0 Å². The molecule has 1 aromatic heterocycles. The van der Waals surface area contributed by atoms with Gasteiger partial charge in [-0.1, -0.05) is 48.5 Å². The number of nitrogens with one attached hydrogen (secondary N) is 2. The fourth-order valence-electron chi connectivity index (χ4n) is 4.80. The highest BCUT2D eigenvalue weighted by Crippen LogP contribution is 2.34. The molecule has 7 heteroatoms. The zero-order valence-corrected chi connectivity index (χ0v) is 19.9. The van der Waals surface area contributed by atoms with Gasteiger partial charge in [-0.3, -0.25) is 9.69 Å². The summed E-state index contributed by atoms with van der Waals surface area (Å²) in [6.07, 6.45) is 3.40. The quantitative estimate of drug-likeness (QED) is 0.352. The molecule has 36 heavy (non-hydrogen) atoms. The summed E-state index contributed by atoms with van der Waals surface area (Å²) < 4.78 is 5.59. The third kappa shape index (κ3) is 4.69. The molecule has 182 valence electrons. The highest BCUT2D eigenvalue weighted by Gasteiger charge is 2.33. The van der Waals surface area contributed by atoms with Crippen LogP contribution in [-0.4, -0.2) is 33.4 Å². The summed E-state index contributed by atoms with van der Waals surface area (Å²) in [6.45, 7) is 0.909. The van der Waals surface area contributed by atoms with E-state index in [9.17, 15) is 9.59 Å². The zero-order valence-electron chi connectivity index (χ0n) is 19.9. The average Bonchev–Trinajstić information content (AvgIpc) is 3.49. The number of fused-ring (bicyclic) bond motifs is 1. The molecule has 1 aliphatic heterocycles. The van der Waals surface area contributed by atoms with E-state index in [0.29, 0.717) is 6.54 Å². The molecule has 1 unspecified atom stereocenters. The van der Waals surface area contributed by atoms with Gasteiger partial charge in [0.1, 0.15) is 12.4 Å². The second kappa shape index (κ2) is 9.49. The Labute approximate surface area is 209 Å². The molecule has 7 nitrogen and oxygen atoms in total. The molecule has 1 atom stereocenters. The van der Waals surface area contributed by atoms with E-state index in [-0.39, 0.29) is 30.6 Å². The van der Waals surface area contributed by atoms with Crippen LogP contribution in [0.5, 0.6) is 0 Å². The van der Waals surface area contributed by atoms with Gasteiger partial charge in [-0.15, -0.1) is 0 Å². The van der Waals surface area contributed by atoms with Gasteiger partial charge in [0.05, 0.1) is 17.1 Å². The van der Waals surface area contributed by atoms with Crippen molar-refractivity contribution in [2.24, 2.45) is 5.92 Å². The van der Waals surface area contributed by atoms with Crippen LogP contribution in [0.1, 0.15) is 43.1 Å². The molecule has 0 bridgehead atoms. The first kappa shape index (κ1) is 22.3. The van der Waals surface area contributed by atoms with Crippen molar-refractivity contribution in [3.05, 3.63) is 84.2 Å². The van der Waals surface area contributed by atoms with E-state index in [0.717, 1.165) is 64.9 Å². The van der Waals surface area contributed by atoms with Gasteiger partial charge in [-0.05, 0) is 66.6 Å². The molecule has 2 fully saturated rings. The van der Waals surface area contributed by atoms with E-state index in [2.05, 4.69) is 16.4 Å². The van der Waals surface area contributed by atoms with Crippen LogP contribution in [0.25, 0.3) is 22.2 Å². The molecular weight excluding hydrogens is 452 g/mol. The van der Waals surface area contributed by atoms with E-state index in [4.69, 9.17) is 9.72 Å². The fraction of sp³-hybridized carbons (Fsp3) is 0.276. The van der Waals surface area contributed by atoms with Crippen molar-refractivity contribution in [3.8, 4) is 11.1 Å². The average molecular weight is 481 g/mol. The Morgan fingerprint density at radius 3 is 2.64 bits per heavy atom. The number of ether oxygens (including phenoxy) is 1. The molecule has 0 spiro atoms. The number of benzene rings is 3.